The van der Waals surface area contributed by atoms with Crippen LogP contribution in [0.25, 0.3) is 6.08 Å². The third-order valence-corrected chi connectivity index (χ3v) is 2.29. The molecule has 0 spiro atoms. The molecule has 0 bridgehead atoms. The molecule has 1 rings (SSSR count). The van der Waals surface area contributed by atoms with Crippen LogP contribution in [-0.2, 0) is 0 Å². The van der Waals surface area contributed by atoms with Crippen molar-refractivity contribution in [2.45, 2.75) is 6.92 Å². The van der Waals surface area contributed by atoms with E-state index in [2.05, 4.69) is 35.2 Å². The minimum absolute atomic E-state index is 1.08. The van der Waals surface area contributed by atoms with Gasteiger partial charge in [-0.25, -0.2) is 0 Å². The van der Waals surface area contributed by atoms with Crippen LogP contribution in [0.15, 0.2) is 42.0 Å². The Morgan fingerprint density at radius 3 is 2.31 bits per heavy atom. The summed E-state index contributed by atoms with van der Waals surface area (Å²) in [6.07, 6.45) is 7.13. The van der Waals surface area contributed by atoms with Crippen LogP contribution in [0.3, 0.4) is 0 Å². The monoisotopic (exact) mass is 214 g/mol. The lowest BCUT2D eigenvalue weighted by Crippen LogP contribution is -2.07. The standard InChI is InChI=1S/C14H18N2/c1-12(10-11-15)4-5-13-6-8-14(9-7-13)16(2)3/h4-11,15H,1-3H3/b5-4+,12-10+,15-11?. The van der Waals surface area contributed by atoms with Crippen LogP contribution in [0.1, 0.15) is 12.5 Å². The molecular weight excluding hydrogens is 196 g/mol. The van der Waals surface area contributed by atoms with Gasteiger partial charge in [-0.15, -0.1) is 0 Å². The van der Waals surface area contributed by atoms with Gasteiger partial charge in [0.1, 0.15) is 0 Å². The second kappa shape index (κ2) is 5.91. The Morgan fingerprint density at radius 2 is 1.81 bits per heavy atom. The molecule has 0 radical (unpaired) electrons. The fourth-order valence-electron chi connectivity index (χ4n) is 1.30. The Balaban J connectivity index is 2.76. The lowest BCUT2D eigenvalue weighted by Gasteiger charge is -2.11. The topological polar surface area (TPSA) is 27.1 Å². The maximum atomic E-state index is 6.95. The van der Waals surface area contributed by atoms with Crippen LogP contribution in [0, 0.1) is 5.41 Å². The Labute approximate surface area is 97.4 Å². The molecule has 0 heterocycles. The van der Waals surface area contributed by atoms with E-state index in [0.29, 0.717) is 0 Å². The number of rotatable bonds is 4. The predicted octanol–water partition coefficient (Wildman–Crippen LogP) is 3.36. The van der Waals surface area contributed by atoms with E-state index in [9.17, 15) is 0 Å². The molecule has 0 aromatic heterocycles. The van der Waals surface area contributed by atoms with Crippen molar-refractivity contribution < 1.29 is 0 Å². The molecule has 1 N–H and O–H groups in total. The van der Waals surface area contributed by atoms with Crippen molar-refractivity contribution in [1.82, 2.24) is 0 Å². The minimum atomic E-state index is 1.08. The fourth-order valence-corrected chi connectivity index (χ4v) is 1.30. The van der Waals surface area contributed by atoms with Crippen molar-refractivity contribution >= 4 is 18.0 Å². The number of nitrogens with one attached hydrogen (secondary N) is 1. The minimum Gasteiger partial charge on any atom is -0.378 e. The van der Waals surface area contributed by atoms with Gasteiger partial charge >= 0.3 is 0 Å². The van der Waals surface area contributed by atoms with Crippen LogP contribution in [0.5, 0.6) is 0 Å². The molecule has 0 saturated carbocycles. The van der Waals surface area contributed by atoms with Crippen LogP contribution >= 0.6 is 0 Å². The zero-order chi connectivity index (χ0) is 12.0. The summed E-state index contributed by atoms with van der Waals surface area (Å²) in [4.78, 5) is 2.08. The summed E-state index contributed by atoms with van der Waals surface area (Å²) in [5.74, 6) is 0. The van der Waals surface area contributed by atoms with E-state index in [4.69, 9.17) is 5.41 Å². The second-order valence-electron chi connectivity index (χ2n) is 3.90. The van der Waals surface area contributed by atoms with E-state index < -0.39 is 0 Å². The third-order valence-electron chi connectivity index (χ3n) is 2.29. The average molecular weight is 214 g/mol. The predicted molar refractivity (Wildman–Crippen MR) is 72.3 cm³/mol. The Morgan fingerprint density at radius 1 is 1.19 bits per heavy atom. The molecule has 2 heteroatoms. The van der Waals surface area contributed by atoms with Crippen LogP contribution in [0.4, 0.5) is 5.69 Å². The summed E-state index contributed by atoms with van der Waals surface area (Å²) in [6, 6.07) is 8.36. The van der Waals surface area contributed by atoms with Gasteiger partial charge in [0.25, 0.3) is 0 Å². The summed E-state index contributed by atoms with van der Waals surface area (Å²) in [5.41, 5.74) is 3.44. The first-order chi connectivity index (χ1) is 7.63. The van der Waals surface area contributed by atoms with Gasteiger partial charge < -0.3 is 10.3 Å². The Hall–Kier alpha value is -1.83. The second-order valence-corrected chi connectivity index (χ2v) is 3.90. The molecule has 1 aromatic rings. The Kier molecular flexibility index (Phi) is 4.52. The van der Waals surface area contributed by atoms with Crippen LogP contribution in [0.2, 0.25) is 0 Å². The number of benzene rings is 1. The summed E-state index contributed by atoms with van der Waals surface area (Å²) in [7, 11) is 4.06. The van der Waals surface area contributed by atoms with Gasteiger partial charge in [-0.2, -0.15) is 0 Å². The summed E-state index contributed by atoms with van der Waals surface area (Å²) in [5, 5.41) is 6.95. The molecule has 2 nitrogen and oxygen atoms in total. The molecule has 0 aliphatic heterocycles. The smallest absolute Gasteiger partial charge is 0.0361 e. The molecule has 84 valence electrons. The molecule has 0 saturated heterocycles. The lowest BCUT2D eigenvalue weighted by molar-refractivity contribution is 1.13. The summed E-state index contributed by atoms with van der Waals surface area (Å²) < 4.78 is 0. The third kappa shape index (κ3) is 3.73. The van der Waals surface area contributed by atoms with Gasteiger partial charge in [0.15, 0.2) is 0 Å². The van der Waals surface area contributed by atoms with E-state index in [-0.39, 0.29) is 0 Å². The number of allylic oxidation sites excluding steroid dienone is 3. The van der Waals surface area contributed by atoms with Crippen molar-refractivity contribution in [3.8, 4) is 0 Å². The van der Waals surface area contributed by atoms with Gasteiger partial charge in [0.05, 0.1) is 0 Å². The van der Waals surface area contributed by atoms with Gasteiger partial charge in [0, 0.05) is 26.0 Å². The van der Waals surface area contributed by atoms with Gasteiger partial charge in [-0.05, 0) is 36.3 Å². The van der Waals surface area contributed by atoms with Crippen molar-refractivity contribution in [2.75, 3.05) is 19.0 Å². The average Bonchev–Trinajstić information content (AvgIpc) is 2.27. The molecular formula is C14H18N2. The van der Waals surface area contributed by atoms with Gasteiger partial charge in [-0.1, -0.05) is 24.3 Å². The van der Waals surface area contributed by atoms with Crippen LogP contribution in [-0.4, -0.2) is 20.3 Å². The van der Waals surface area contributed by atoms with Crippen molar-refractivity contribution in [1.29, 1.82) is 5.41 Å². The normalized spacial score (nSPS) is 11.8. The van der Waals surface area contributed by atoms with Gasteiger partial charge in [-0.3, -0.25) is 0 Å². The van der Waals surface area contributed by atoms with E-state index in [1.807, 2.05) is 27.1 Å². The first kappa shape index (κ1) is 12.2. The number of anilines is 1. The van der Waals surface area contributed by atoms with Crippen molar-refractivity contribution in [2.24, 2.45) is 0 Å². The molecule has 1 aromatic carbocycles. The highest BCUT2D eigenvalue weighted by Crippen LogP contribution is 2.13. The number of hydrogen-bond acceptors (Lipinski definition) is 2. The van der Waals surface area contributed by atoms with E-state index in [1.54, 1.807) is 6.08 Å². The van der Waals surface area contributed by atoms with E-state index >= 15 is 0 Å². The SMILES string of the molecule is CC(/C=C/c1ccc(N(C)C)cc1)=C\C=N. The molecule has 0 aliphatic rings. The zero-order valence-corrected chi connectivity index (χ0v) is 10.1. The molecule has 0 aliphatic carbocycles. The largest absolute Gasteiger partial charge is 0.378 e. The molecule has 0 amide bonds. The van der Waals surface area contributed by atoms with Crippen molar-refractivity contribution in [3.63, 3.8) is 0 Å². The zero-order valence-electron chi connectivity index (χ0n) is 10.1. The van der Waals surface area contributed by atoms with E-state index in [1.165, 1.54) is 17.5 Å². The number of nitrogens with zero attached hydrogens (tertiary/aromatic N) is 1. The highest BCUT2D eigenvalue weighted by atomic mass is 15.1. The summed E-state index contributed by atoms with van der Waals surface area (Å²) in [6.45, 7) is 1.98. The maximum Gasteiger partial charge on any atom is 0.0361 e. The first-order valence-corrected chi connectivity index (χ1v) is 5.26. The quantitative estimate of drug-likeness (QED) is 0.604. The summed E-state index contributed by atoms with van der Waals surface area (Å²) >= 11 is 0. The van der Waals surface area contributed by atoms with Gasteiger partial charge in [0.2, 0.25) is 0 Å². The maximum absolute atomic E-state index is 6.95. The molecule has 0 atom stereocenters. The molecule has 0 fully saturated rings. The fraction of sp³-hybridized carbons (Fsp3) is 0.214. The molecule has 0 unspecified atom stereocenters. The van der Waals surface area contributed by atoms with Crippen molar-refractivity contribution in [3.05, 3.63) is 47.6 Å². The highest BCUT2D eigenvalue weighted by Gasteiger charge is 1.93. The van der Waals surface area contributed by atoms with E-state index in [0.717, 1.165) is 5.57 Å². The molecule has 16 heavy (non-hydrogen) atoms. The van der Waals surface area contributed by atoms with Crippen LogP contribution < -0.4 is 4.90 Å². The Bertz CT molecular complexity index is 397. The highest BCUT2D eigenvalue weighted by molar-refractivity contribution is 5.70. The number of hydrogen-bond donors (Lipinski definition) is 1. The lowest BCUT2D eigenvalue weighted by atomic mass is 10.1. The first-order valence-electron chi connectivity index (χ1n) is 5.26.